The first-order valence-electron chi connectivity index (χ1n) is 5.04. The molecule has 0 radical (unpaired) electrons. The van der Waals surface area contributed by atoms with Crippen LogP contribution in [0.25, 0.3) is 0 Å². The van der Waals surface area contributed by atoms with E-state index < -0.39 is 17.7 Å². The minimum absolute atomic E-state index is 0.0226. The van der Waals surface area contributed by atoms with E-state index in [0.29, 0.717) is 12.0 Å². The van der Waals surface area contributed by atoms with Crippen molar-refractivity contribution in [1.82, 2.24) is 0 Å². The number of benzene rings is 1. The number of thiophene rings is 1. The number of halogens is 4. The number of aliphatic hydroxyl groups excluding tert-OH is 1. The van der Waals surface area contributed by atoms with Gasteiger partial charge in [0.1, 0.15) is 0 Å². The Hall–Kier alpha value is -0.300. The average molecular weight is 398 g/mol. The molecule has 1 aromatic carbocycles. The lowest BCUT2D eigenvalue weighted by Gasteiger charge is -2.12. The minimum atomic E-state index is -0.973. The Labute approximate surface area is 124 Å². The summed E-state index contributed by atoms with van der Waals surface area (Å²) in [7, 11) is 0. The molecule has 1 aromatic heterocycles. The van der Waals surface area contributed by atoms with Crippen LogP contribution in [0.5, 0.6) is 0 Å². The third-order valence-corrected chi connectivity index (χ3v) is 4.90. The van der Waals surface area contributed by atoms with Gasteiger partial charge in [0.2, 0.25) is 0 Å². The highest BCUT2D eigenvalue weighted by atomic mass is 79.9. The van der Waals surface area contributed by atoms with Crippen molar-refractivity contribution in [2.24, 2.45) is 0 Å². The molecule has 0 spiro atoms. The molecule has 0 saturated heterocycles. The molecule has 0 aliphatic rings. The van der Waals surface area contributed by atoms with Crippen molar-refractivity contribution in [2.75, 3.05) is 0 Å². The van der Waals surface area contributed by atoms with Crippen LogP contribution in [-0.2, 0) is 6.42 Å². The van der Waals surface area contributed by atoms with E-state index in [1.807, 2.05) is 12.1 Å². The van der Waals surface area contributed by atoms with Gasteiger partial charge in [-0.15, -0.1) is 11.3 Å². The molecule has 6 heteroatoms. The minimum Gasteiger partial charge on any atom is -0.388 e. The van der Waals surface area contributed by atoms with Gasteiger partial charge in [-0.05, 0) is 55.6 Å². The van der Waals surface area contributed by atoms with Gasteiger partial charge in [0.15, 0.2) is 11.6 Å². The summed E-state index contributed by atoms with van der Waals surface area (Å²) >= 11 is 7.80. The second-order valence-electron chi connectivity index (χ2n) is 3.69. The van der Waals surface area contributed by atoms with Crippen LogP contribution in [0, 0.1) is 11.6 Å². The number of hydrogen-bond acceptors (Lipinski definition) is 2. The Morgan fingerprint density at radius 2 is 1.89 bits per heavy atom. The van der Waals surface area contributed by atoms with Crippen LogP contribution in [0.3, 0.4) is 0 Å². The lowest BCUT2D eigenvalue weighted by Crippen LogP contribution is -2.03. The molecule has 0 aliphatic carbocycles. The van der Waals surface area contributed by atoms with Crippen LogP contribution in [0.2, 0.25) is 0 Å². The van der Waals surface area contributed by atoms with Crippen LogP contribution >= 0.6 is 43.2 Å². The molecule has 0 bridgehead atoms. The molecule has 2 rings (SSSR count). The van der Waals surface area contributed by atoms with Gasteiger partial charge in [-0.3, -0.25) is 0 Å². The fourth-order valence-electron chi connectivity index (χ4n) is 1.56. The molecule has 0 fully saturated rings. The van der Waals surface area contributed by atoms with Gasteiger partial charge in [0.05, 0.1) is 14.4 Å². The van der Waals surface area contributed by atoms with E-state index in [0.717, 1.165) is 14.7 Å². The second-order valence-corrected chi connectivity index (χ2v) is 7.03. The zero-order valence-electron chi connectivity index (χ0n) is 8.96. The molecular formula is C12H8Br2F2OS. The molecule has 1 unspecified atom stereocenters. The normalized spacial score (nSPS) is 12.7. The van der Waals surface area contributed by atoms with Crippen molar-refractivity contribution in [2.45, 2.75) is 12.5 Å². The molecule has 0 amide bonds. The summed E-state index contributed by atoms with van der Waals surface area (Å²) in [5.74, 6) is -1.91. The van der Waals surface area contributed by atoms with E-state index >= 15 is 0 Å². The van der Waals surface area contributed by atoms with Gasteiger partial charge >= 0.3 is 0 Å². The van der Waals surface area contributed by atoms with E-state index in [-0.39, 0.29) is 4.47 Å². The van der Waals surface area contributed by atoms with Gasteiger partial charge in [-0.25, -0.2) is 8.78 Å². The first kappa shape index (κ1) is 14.1. The maximum atomic E-state index is 13.4. The predicted octanol–water partition coefficient (Wildman–Crippen LogP) is 4.83. The van der Waals surface area contributed by atoms with Gasteiger partial charge in [0.25, 0.3) is 0 Å². The average Bonchev–Trinajstić information content (AvgIpc) is 2.71. The third kappa shape index (κ3) is 2.99. The quantitative estimate of drug-likeness (QED) is 0.735. The second kappa shape index (κ2) is 5.77. The van der Waals surface area contributed by atoms with Crippen molar-refractivity contribution in [3.05, 3.63) is 54.6 Å². The van der Waals surface area contributed by atoms with Crippen LogP contribution in [0.4, 0.5) is 8.78 Å². The maximum Gasteiger partial charge on any atom is 0.173 e. The zero-order chi connectivity index (χ0) is 13.3. The van der Waals surface area contributed by atoms with E-state index in [1.54, 1.807) is 0 Å². The standard InChI is InChI=1S/C12H8Br2F2OS/c13-10-4-1-6(18-10)5-9(17)7-2-3-8(15)12(16)11(7)14/h1-4,9,17H,5H2. The van der Waals surface area contributed by atoms with E-state index in [1.165, 1.54) is 17.4 Å². The molecule has 1 nitrogen and oxygen atoms in total. The maximum absolute atomic E-state index is 13.4. The molecule has 0 aliphatic heterocycles. The Kier molecular flexibility index (Phi) is 4.53. The van der Waals surface area contributed by atoms with Gasteiger partial charge in [-0.2, -0.15) is 0 Å². The first-order chi connectivity index (χ1) is 8.49. The monoisotopic (exact) mass is 396 g/mol. The Bertz CT molecular complexity index is 571. The summed E-state index contributed by atoms with van der Waals surface area (Å²) in [5.41, 5.74) is 0.346. The highest BCUT2D eigenvalue weighted by Crippen LogP contribution is 2.32. The molecule has 18 heavy (non-hydrogen) atoms. The van der Waals surface area contributed by atoms with Crippen LogP contribution in [0.1, 0.15) is 16.5 Å². The fourth-order valence-corrected chi connectivity index (χ4v) is 3.67. The summed E-state index contributed by atoms with van der Waals surface area (Å²) in [6.45, 7) is 0. The van der Waals surface area contributed by atoms with Crippen molar-refractivity contribution in [3.63, 3.8) is 0 Å². The number of aliphatic hydroxyl groups is 1. The highest BCUT2D eigenvalue weighted by Gasteiger charge is 2.18. The summed E-state index contributed by atoms with van der Waals surface area (Å²) in [6.07, 6.45) is -0.514. The molecule has 2 aromatic rings. The summed E-state index contributed by atoms with van der Waals surface area (Å²) in [4.78, 5) is 0.964. The van der Waals surface area contributed by atoms with Crippen molar-refractivity contribution in [3.8, 4) is 0 Å². The SMILES string of the molecule is OC(Cc1ccc(Br)s1)c1ccc(F)c(F)c1Br. The Balaban J connectivity index is 2.24. The highest BCUT2D eigenvalue weighted by molar-refractivity contribution is 9.11. The van der Waals surface area contributed by atoms with E-state index in [2.05, 4.69) is 31.9 Å². The predicted molar refractivity (Wildman–Crippen MR) is 74.7 cm³/mol. The number of hydrogen-bond donors (Lipinski definition) is 1. The molecule has 1 N–H and O–H groups in total. The van der Waals surface area contributed by atoms with Crippen LogP contribution in [0.15, 0.2) is 32.5 Å². The third-order valence-electron chi connectivity index (χ3n) is 2.45. The zero-order valence-corrected chi connectivity index (χ0v) is 12.9. The summed E-state index contributed by atoms with van der Waals surface area (Å²) in [6, 6.07) is 6.16. The van der Waals surface area contributed by atoms with Crippen LogP contribution in [-0.4, -0.2) is 5.11 Å². The molecule has 0 saturated carbocycles. The smallest absolute Gasteiger partial charge is 0.173 e. The van der Waals surface area contributed by atoms with E-state index in [9.17, 15) is 13.9 Å². The van der Waals surface area contributed by atoms with Crippen molar-refractivity contribution < 1.29 is 13.9 Å². The van der Waals surface area contributed by atoms with Gasteiger partial charge in [0, 0.05) is 11.3 Å². The van der Waals surface area contributed by atoms with Crippen molar-refractivity contribution >= 4 is 43.2 Å². The summed E-state index contributed by atoms with van der Waals surface area (Å²) < 4.78 is 27.3. The number of rotatable bonds is 3. The lowest BCUT2D eigenvalue weighted by atomic mass is 10.1. The van der Waals surface area contributed by atoms with Gasteiger partial charge < -0.3 is 5.11 Å². The largest absolute Gasteiger partial charge is 0.388 e. The molecule has 96 valence electrons. The van der Waals surface area contributed by atoms with Gasteiger partial charge in [-0.1, -0.05) is 6.07 Å². The topological polar surface area (TPSA) is 20.2 Å². The fraction of sp³-hybridized carbons (Fsp3) is 0.167. The molecule has 1 heterocycles. The van der Waals surface area contributed by atoms with E-state index in [4.69, 9.17) is 0 Å². The molecular weight excluding hydrogens is 390 g/mol. The van der Waals surface area contributed by atoms with Crippen LogP contribution < -0.4 is 0 Å². The summed E-state index contributed by atoms with van der Waals surface area (Å²) in [5, 5.41) is 10.1. The molecule has 1 atom stereocenters. The van der Waals surface area contributed by atoms with Crippen molar-refractivity contribution in [1.29, 1.82) is 0 Å². The Morgan fingerprint density at radius 3 is 2.50 bits per heavy atom. The first-order valence-corrected chi connectivity index (χ1v) is 7.45. The lowest BCUT2D eigenvalue weighted by molar-refractivity contribution is 0.178. The Morgan fingerprint density at radius 1 is 1.17 bits per heavy atom.